The molecule has 4 rings (SSSR count). The Hall–Kier alpha value is -3.30. The molecule has 3 aromatic rings. The van der Waals surface area contributed by atoms with Crippen molar-refractivity contribution in [2.45, 2.75) is 32.1 Å². The number of ether oxygens (including phenoxy) is 1. The standard InChI is InChI=1S/C19H24N8O2/c1-4-15-14(10-21-27(15)16-7-8-17(29-3)23-22-16)19(28)26-9-5-6-13(11-26)18-24-20-12-25(18)2/h7-8,10,12-13H,4-6,9,11H2,1-3H3. The first kappa shape index (κ1) is 19.0. The molecule has 4 heterocycles. The number of rotatable bonds is 5. The van der Waals surface area contributed by atoms with Crippen molar-refractivity contribution in [3.63, 3.8) is 0 Å². The Balaban J connectivity index is 1.58. The van der Waals surface area contributed by atoms with E-state index in [1.54, 1.807) is 36.4 Å². The molecule has 0 radical (unpaired) electrons. The Morgan fingerprint density at radius 2 is 2.14 bits per heavy atom. The van der Waals surface area contributed by atoms with E-state index < -0.39 is 0 Å². The Labute approximate surface area is 168 Å². The summed E-state index contributed by atoms with van der Waals surface area (Å²) < 4.78 is 8.66. The molecule has 10 heteroatoms. The van der Waals surface area contributed by atoms with Crippen LogP contribution in [0.4, 0.5) is 0 Å². The monoisotopic (exact) mass is 396 g/mol. The van der Waals surface area contributed by atoms with Crippen LogP contribution in [0, 0.1) is 0 Å². The van der Waals surface area contributed by atoms with E-state index in [9.17, 15) is 4.79 Å². The third kappa shape index (κ3) is 3.57. The quantitative estimate of drug-likeness (QED) is 0.642. The van der Waals surface area contributed by atoms with Gasteiger partial charge in [-0.15, -0.1) is 20.4 Å². The van der Waals surface area contributed by atoms with Gasteiger partial charge in [-0.25, -0.2) is 4.68 Å². The molecule has 1 saturated heterocycles. The molecule has 10 nitrogen and oxygen atoms in total. The van der Waals surface area contributed by atoms with Gasteiger partial charge < -0.3 is 14.2 Å². The Kier molecular flexibility index (Phi) is 5.24. The molecule has 0 aromatic carbocycles. The number of likely N-dealkylation sites (tertiary alicyclic amines) is 1. The zero-order valence-corrected chi connectivity index (χ0v) is 16.8. The summed E-state index contributed by atoms with van der Waals surface area (Å²) in [5.41, 5.74) is 1.42. The van der Waals surface area contributed by atoms with Crippen LogP contribution >= 0.6 is 0 Å². The molecule has 0 bridgehead atoms. The van der Waals surface area contributed by atoms with Crippen LogP contribution in [-0.4, -0.2) is 65.7 Å². The maximum atomic E-state index is 13.3. The highest BCUT2D eigenvalue weighted by Crippen LogP contribution is 2.27. The predicted molar refractivity (Wildman–Crippen MR) is 104 cm³/mol. The molecule has 152 valence electrons. The van der Waals surface area contributed by atoms with Gasteiger partial charge in [0.1, 0.15) is 12.2 Å². The summed E-state index contributed by atoms with van der Waals surface area (Å²) in [6.07, 6.45) is 5.90. The lowest BCUT2D eigenvalue weighted by Gasteiger charge is -2.32. The molecular weight excluding hydrogens is 372 g/mol. The average Bonchev–Trinajstić information content (AvgIpc) is 3.39. The Morgan fingerprint density at radius 3 is 2.79 bits per heavy atom. The number of piperidine rings is 1. The van der Waals surface area contributed by atoms with Crippen molar-refractivity contribution in [2.24, 2.45) is 7.05 Å². The molecular formula is C19H24N8O2. The predicted octanol–water partition coefficient (Wildman–Crippen LogP) is 1.38. The second kappa shape index (κ2) is 7.98. The van der Waals surface area contributed by atoms with Crippen molar-refractivity contribution < 1.29 is 9.53 Å². The van der Waals surface area contributed by atoms with Crippen molar-refractivity contribution in [2.75, 3.05) is 20.2 Å². The number of aryl methyl sites for hydroxylation is 1. The average molecular weight is 396 g/mol. The number of carbonyl (C=O) groups excluding carboxylic acids is 1. The van der Waals surface area contributed by atoms with Gasteiger partial charge in [0.25, 0.3) is 5.91 Å². The molecule has 1 unspecified atom stereocenters. The molecule has 1 fully saturated rings. The highest BCUT2D eigenvalue weighted by molar-refractivity contribution is 5.95. The molecule has 0 saturated carbocycles. The van der Waals surface area contributed by atoms with Crippen molar-refractivity contribution in [3.8, 4) is 11.7 Å². The number of carbonyl (C=O) groups is 1. The number of hydrogen-bond acceptors (Lipinski definition) is 7. The fraction of sp³-hybridized carbons (Fsp3) is 0.474. The van der Waals surface area contributed by atoms with Gasteiger partial charge in [-0.2, -0.15) is 5.10 Å². The topological polar surface area (TPSA) is 104 Å². The Morgan fingerprint density at radius 1 is 1.28 bits per heavy atom. The van der Waals surface area contributed by atoms with Crippen LogP contribution in [0.3, 0.4) is 0 Å². The van der Waals surface area contributed by atoms with Crippen LogP contribution in [0.2, 0.25) is 0 Å². The van der Waals surface area contributed by atoms with Crippen LogP contribution in [0.5, 0.6) is 5.88 Å². The van der Waals surface area contributed by atoms with E-state index in [-0.39, 0.29) is 11.8 Å². The second-order valence-corrected chi connectivity index (χ2v) is 7.09. The summed E-state index contributed by atoms with van der Waals surface area (Å²) in [5, 5.41) is 20.8. The largest absolute Gasteiger partial charge is 0.480 e. The van der Waals surface area contributed by atoms with E-state index in [1.165, 1.54) is 0 Å². The van der Waals surface area contributed by atoms with Crippen LogP contribution < -0.4 is 4.74 Å². The molecule has 1 amide bonds. The molecule has 0 spiro atoms. The van der Waals surface area contributed by atoms with Gasteiger partial charge in [0.05, 0.1) is 24.6 Å². The van der Waals surface area contributed by atoms with Gasteiger partial charge in [-0.05, 0) is 25.3 Å². The maximum Gasteiger partial charge on any atom is 0.257 e. The number of aromatic nitrogens is 7. The first-order valence-electron chi connectivity index (χ1n) is 9.70. The number of hydrogen-bond donors (Lipinski definition) is 0. The molecule has 0 N–H and O–H groups in total. The smallest absolute Gasteiger partial charge is 0.257 e. The second-order valence-electron chi connectivity index (χ2n) is 7.09. The van der Waals surface area contributed by atoms with Gasteiger partial charge >= 0.3 is 0 Å². The lowest BCUT2D eigenvalue weighted by molar-refractivity contribution is 0.0702. The molecule has 3 aromatic heterocycles. The SMILES string of the molecule is CCc1c(C(=O)N2CCCC(c3nncn3C)C2)cnn1-c1ccc(OC)nn1. The molecule has 1 atom stereocenters. The molecule has 1 aliphatic heterocycles. The fourth-order valence-electron chi connectivity index (χ4n) is 3.83. The first-order valence-corrected chi connectivity index (χ1v) is 9.70. The van der Waals surface area contributed by atoms with E-state index in [0.717, 1.165) is 30.9 Å². The van der Waals surface area contributed by atoms with E-state index in [2.05, 4.69) is 25.5 Å². The normalized spacial score (nSPS) is 16.8. The third-order valence-electron chi connectivity index (χ3n) is 5.31. The summed E-state index contributed by atoms with van der Waals surface area (Å²) in [5.74, 6) is 2.08. The zero-order chi connectivity index (χ0) is 20.4. The van der Waals surface area contributed by atoms with Crippen LogP contribution in [0.1, 0.15) is 47.6 Å². The van der Waals surface area contributed by atoms with Crippen LogP contribution in [-0.2, 0) is 13.5 Å². The summed E-state index contributed by atoms with van der Waals surface area (Å²) in [6, 6.07) is 3.50. The van der Waals surface area contributed by atoms with Crippen molar-refractivity contribution in [1.82, 2.24) is 39.6 Å². The van der Waals surface area contributed by atoms with Crippen molar-refractivity contribution in [1.29, 1.82) is 0 Å². The van der Waals surface area contributed by atoms with Crippen LogP contribution in [0.25, 0.3) is 5.82 Å². The lowest BCUT2D eigenvalue weighted by Crippen LogP contribution is -2.40. The molecule has 1 aliphatic rings. The van der Waals surface area contributed by atoms with Crippen LogP contribution in [0.15, 0.2) is 24.7 Å². The van der Waals surface area contributed by atoms with Gasteiger partial charge in [0.15, 0.2) is 5.82 Å². The maximum absolute atomic E-state index is 13.3. The van der Waals surface area contributed by atoms with E-state index in [4.69, 9.17) is 4.74 Å². The number of nitrogens with zero attached hydrogens (tertiary/aromatic N) is 8. The Bertz CT molecular complexity index is 994. The summed E-state index contributed by atoms with van der Waals surface area (Å²) in [4.78, 5) is 15.2. The highest BCUT2D eigenvalue weighted by Gasteiger charge is 2.30. The zero-order valence-electron chi connectivity index (χ0n) is 16.8. The van der Waals surface area contributed by atoms with Gasteiger partial charge in [0, 0.05) is 32.1 Å². The first-order chi connectivity index (χ1) is 14.1. The molecule has 0 aliphatic carbocycles. The summed E-state index contributed by atoms with van der Waals surface area (Å²) >= 11 is 0. The number of methoxy groups -OCH3 is 1. The van der Waals surface area contributed by atoms with Gasteiger partial charge in [0.2, 0.25) is 5.88 Å². The van der Waals surface area contributed by atoms with E-state index >= 15 is 0 Å². The van der Waals surface area contributed by atoms with Crippen molar-refractivity contribution >= 4 is 5.91 Å². The highest BCUT2D eigenvalue weighted by atomic mass is 16.5. The minimum atomic E-state index is -0.0126. The van der Waals surface area contributed by atoms with Crippen molar-refractivity contribution in [3.05, 3.63) is 41.7 Å². The minimum absolute atomic E-state index is 0.0126. The molecule has 29 heavy (non-hydrogen) atoms. The minimum Gasteiger partial charge on any atom is -0.480 e. The van der Waals surface area contributed by atoms with Gasteiger partial charge in [-0.1, -0.05) is 6.92 Å². The summed E-state index contributed by atoms with van der Waals surface area (Å²) in [6.45, 7) is 3.35. The third-order valence-corrected chi connectivity index (χ3v) is 5.31. The van der Waals surface area contributed by atoms with E-state index in [0.29, 0.717) is 30.2 Å². The lowest BCUT2D eigenvalue weighted by atomic mass is 9.96. The van der Waals surface area contributed by atoms with Gasteiger partial charge in [-0.3, -0.25) is 4.79 Å². The fourth-order valence-corrected chi connectivity index (χ4v) is 3.83. The van der Waals surface area contributed by atoms with E-state index in [1.807, 2.05) is 23.4 Å². The number of amides is 1. The summed E-state index contributed by atoms with van der Waals surface area (Å²) in [7, 11) is 3.48.